The number of nitrogens with one attached hydrogen (secondary N) is 1. The van der Waals surface area contributed by atoms with Crippen LogP contribution >= 0.6 is 22.6 Å². The van der Waals surface area contributed by atoms with Crippen LogP contribution in [-0.2, 0) is 13.1 Å². The summed E-state index contributed by atoms with van der Waals surface area (Å²) in [6.07, 6.45) is 2.90. The highest BCUT2D eigenvalue weighted by molar-refractivity contribution is 14.1. The Kier molecular flexibility index (Phi) is 5.88. The first-order valence-electron chi connectivity index (χ1n) is 9.21. The molecular formula is C21H17FIN5O2. The molecule has 9 heteroatoms. The molecule has 0 bridgehead atoms. The van der Waals surface area contributed by atoms with Gasteiger partial charge in [-0.3, -0.25) is 14.2 Å². The molecule has 0 aliphatic rings. The van der Waals surface area contributed by atoms with E-state index in [2.05, 4.69) is 38.0 Å². The lowest BCUT2D eigenvalue weighted by molar-refractivity contribution is 0.0951. The lowest BCUT2D eigenvalue weighted by Crippen LogP contribution is -2.28. The van der Waals surface area contributed by atoms with E-state index in [0.717, 1.165) is 3.57 Å². The van der Waals surface area contributed by atoms with Crippen LogP contribution in [0.4, 0.5) is 4.39 Å². The molecule has 0 saturated heterocycles. The van der Waals surface area contributed by atoms with Crippen LogP contribution in [-0.4, -0.2) is 31.8 Å². The number of benzene rings is 2. The van der Waals surface area contributed by atoms with Crippen LogP contribution in [0.1, 0.15) is 15.9 Å². The van der Waals surface area contributed by atoms with Crippen LogP contribution in [0.5, 0.6) is 0 Å². The Bertz CT molecular complexity index is 1280. The zero-order valence-electron chi connectivity index (χ0n) is 15.8. The number of hydrogen-bond acceptors (Lipinski definition) is 4. The van der Waals surface area contributed by atoms with Crippen LogP contribution in [0.2, 0.25) is 0 Å². The number of hydrogen-bond donors (Lipinski definition) is 1. The normalized spacial score (nSPS) is 11.0. The van der Waals surface area contributed by atoms with Crippen molar-refractivity contribution in [2.24, 2.45) is 0 Å². The molecule has 0 saturated carbocycles. The van der Waals surface area contributed by atoms with Gasteiger partial charge in [-0.2, -0.15) is 5.10 Å². The molecule has 1 amide bonds. The Balaban J connectivity index is 1.47. The van der Waals surface area contributed by atoms with Crippen molar-refractivity contribution in [3.05, 3.63) is 91.9 Å². The molecule has 30 heavy (non-hydrogen) atoms. The Morgan fingerprint density at radius 3 is 2.80 bits per heavy atom. The van der Waals surface area contributed by atoms with E-state index in [1.54, 1.807) is 22.9 Å². The highest BCUT2D eigenvalue weighted by Gasteiger charge is 2.12. The first kappa shape index (κ1) is 20.2. The first-order valence-corrected chi connectivity index (χ1v) is 10.3. The van der Waals surface area contributed by atoms with Gasteiger partial charge in [0, 0.05) is 10.1 Å². The average molecular weight is 517 g/mol. The van der Waals surface area contributed by atoms with Crippen molar-refractivity contribution in [1.82, 2.24) is 24.6 Å². The van der Waals surface area contributed by atoms with Gasteiger partial charge >= 0.3 is 0 Å². The van der Waals surface area contributed by atoms with Crippen LogP contribution in [0, 0.1) is 9.39 Å². The number of fused-ring (bicyclic) bond motifs is 1. The van der Waals surface area contributed by atoms with E-state index < -0.39 is 0 Å². The summed E-state index contributed by atoms with van der Waals surface area (Å²) in [5.41, 5.74) is 1.48. The maximum absolute atomic E-state index is 13.4. The monoisotopic (exact) mass is 517 g/mol. The van der Waals surface area contributed by atoms with Crippen molar-refractivity contribution in [3.63, 3.8) is 0 Å². The summed E-state index contributed by atoms with van der Waals surface area (Å²) < 4.78 is 17.3. The van der Waals surface area contributed by atoms with Gasteiger partial charge in [-0.1, -0.05) is 24.3 Å². The summed E-state index contributed by atoms with van der Waals surface area (Å²) in [5.74, 6) is -0.517. The second kappa shape index (κ2) is 8.74. The largest absolute Gasteiger partial charge is 0.350 e. The Hall–Kier alpha value is -3.08. The quantitative estimate of drug-likeness (QED) is 0.399. The number of carbonyl (C=O) groups excluding carboxylic acids is 1. The van der Waals surface area contributed by atoms with E-state index in [-0.39, 0.29) is 23.8 Å². The topological polar surface area (TPSA) is 81.8 Å². The SMILES string of the molecule is O=C(NCCn1ncc2c(=O)n(Cc3cccc(F)c3)cnc21)c1ccccc1I. The minimum Gasteiger partial charge on any atom is -0.350 e. The van der Waals surface area contributed by atoms with Crippen LogP contribution in [0.25, 0.3) is 11.0 Å². The van der Waals surface area contributed by atoms with Crippen molar-refractivity contribution in [1.29, 1.82) is 0 Å². The predicted octanol–water partition coefficient (Wildman–Crippen LogP) is 2.82. The van der Waals surface area contributed by atoms with Crippen molar-refractivity contribution >= 4 is 39.5 Å². The zero-order chi connectivity index (χ0) is 21.1. The molecule has 2 aromatic carbocycles. The minimum absolute atomic E-state index is 0.165. The van der Waals surface area contributed by atoms with E-state index in [1.165, 1.54) is 29.2 Å². The van der Waals surface area contributed by atoms with Gasteiger partial charge in [0.05, 0.1) is 24.8 Å². The summed E-state index contributed by atoms with van der Waals surface area (Å²) in [6.45, 7) is 0.935. The van der Waals surface area contributed by atoms with Crippen molar-refractivity contribution < 1.29 is 9.18 Å². The van der Waals surface area contributed by atoms with Crippen molar-refractivity contribution in [2.45, 2.75) is 13.1 Å². The fourth-order valence-corrected chi connectivity index (χ4v) is 3.75. The number of aromatic nitrogens is 4. The van der Waals surface area contributed by atoms with Gasteiger partial charge in [-0.15, -0.1) is 0 Å². The number of nitrogens with zero attached hydrogens (tertiary/aromatic N) is 4. The second-order valence-electron chi connectivity index (χ2n) is 6.65. The Labute approximate surface area is 184 Å². The van der Waals surface area contributed by atoms with E-state index in [0.29, 0.717) is 35.2 Å². The zero-order valence-corrected chi connectivity index (χ0v) is 17.9. The van der Waals surface area contributed by atoms with Crippen LogP contribution < -0.4 is 10.9 Å². The van der Waals surface area contributed by atoms with Gasteiger partial charge in [0.1, 0.15) is 17.5 Å². The summed E-state index contributed by atoms with van der Waals surface area (Å²) in [4.78, 5) is 29.4. The molecule has 0 aliphatic heterocycles. The fourth-order valence-electron chi connectivity index (χ4n) is 3.12. The van der Waals surface area contributed by atoms with Gasteiger partial charge < -0.3 is 5.32 Å². The van der Waals surface area contributed by atoms with Gasteiger partial charge in [0.25, 0.3) is 11.5 Å². The van der Waals surface area contributed by atoms with Crippen molar-refractivity contribution in [2.75, 3.05) is 6.54 Å². The van der Waals surface area contributed by atoms with Gasteiger partial charge in [-0.25, -0.2) is 14.1 Å². The lowest BCUT2D eigenvalue weighted by Gasteiger charge is -2.08. The van der Waals surface area contributed by atoms with E-state index in [9.17, 15) is 14.0 Å². The van der Waals surface area contributed by atoms with Crippen LogP contribution in [0.3, 0.4) is 0 Å². The van der Waals surface area contributed by atoms with E-state index in [4.69, 9.17) is 0 Å². The maximum Gasteiger partial charge on any atom is 0.264 e. The highest BCUT2D eigenvalue weighted by Crippen LogP contribution is 2.11. The third-order valence-corrected chi connectivity index (χ3v) is 5.53. The molecule has 152 valence electrons. The number of halogens is 2. The molecule has 2 heterocycles. The maximum atomic E-state index is 13.4. The minimum atomic E-state index is -0.352. The third-order valence-electron chi connectivity index (χ3n) is 4.59. The molecule has 1 N–H and O–H groups in total. The lowest BCUT2D eigenvalue weighted by atomic mass is 10.2. The molecule has 2 aromatic heterocycles. The summed E-state index contributed by atoms with van der Waals surface area (Å²) in [6, 6.07) is 13.4. The molecule has 0 aliphatic carbocycles. The summed E-state index contributed by atoms with van der Waals surface area (Å²) in [7, 11) is 0. The number of carbonyl (C=O) groups is 1. The second-order valence-corrected chi connectivity index (χ2v) is 7.81. The molecular weight excluding hydrogens is 500 g/mol. The number of amides is 1. The molecule has 0 radical (unpaired) electrons. The average Bonchev–Trinajstić information content (AvgIpc) is 3.14. The molecule has 0 spiro atoms. The van der Waals surface area contributed by atoms with Gasteiger partial charge in [-0.05, 0) is 52.4 Å². The summed E-state index contributed by atoms with van der Waals surface area (Å²) >= 11 is 2.12. The fraction of sp³-hybridized carbons (Fsp3) is 0.143. The molecule has 4 rings (SSSR count). The molecule has 0 unspecified atom stereocenters. The third kappa shape index (κ3) is 4.25. The van der Waals surface area contributed by atoms with Crippen LogP contribution in [0.15, 0.2) is 65.8 Å². The highest BCUT2D eigenvalue weighted by atomic mass is 127. The van der Waals surface area contributed by atoms with Gasteiger partial charge in [0.2, 0.25) is 0 Å². The summed E-state index contributed by atoms with van der Waals surface area (Å²) in [5, 5.41) is 7.46. The standard InChI is InChI=1S/C21H17FIN5O2/c22-15-5-3-4-14(10-15)12-27-13-25-19-17(21(27)30)11-26-28(19)9-8-24-20(29)16-6-1-2-7-18(16)23/h1-7,10-11,13H,8-9,12H2,(H,24,29). The van der Waals surface area contributed by atoms with E-state index >= 15 is 0 Å². The van der Waals surface area contributed by atoms with Gasteiger partial charge in [0.15, 0.2) is 5.65 Å². The smallest absolute Gasteiger partial charge is 0.264 e. The molecule has 4 aromatic rings. The molecule has 7 nitrogen and oxygen atoms in total. The Morgan fingerprint density at radius 2 is 2.00 bits per heavy atom. The predicted molar refractivity (Wildman–Crippen MR) is 119 cm³/mol. The first-order chi connectivity index (χ1) is 14.5. The molecule has 0 atom stereocenters. The van der Waals surface area contributed by atoms with E-state index in [1.807, 2.05) is 18.2 Å². The number of rotatable bonds is 6. The molecule has 0 fully saturated rings. The van der Waals surface area contributed by atoms with Crippen molar-refractivity contribution in [3.8, 4) is 0 Å². The Morgan fingerprint density at radius 1 is 1.17 bits per heavy atom.